The lowest BCUT2D eigenvalue weighted by molar-refractivity contribution is 0.102. The van der Waals surface area contributed by atoms with E-state index in [1.165, 1.54) is 11.1 Å². The second-order valence-corrected chi connectivity index (χ2v) is 5.14. The standard InChI is InChI=1S/C16H19N3O/c1-2-10-19-15(7-9-18-19)16(20)14-5-3-4-12-11-17-8-6-13(12)14/h3-5,7,9,17H,2,6,8,10-11H2,1H3. The first kappa shape index (κ1) is 13.1. The van der Waals surface area contributed by atoms with Crippen LogP contribution in [0.1, 0.15) is 40.5 Å². The minimum Gasteiger partial charge on any atom is -0.312 e. The van der Waals surface area contributed by atoms with E-state index in [-0.39, 0.29) is 5.78 Å². The highest BCUT2D eigenvalue weighted by atomic mass is 16.1. The highest BCUT2D eigenvalue weighted by molar-refractivity contribution is 6.09. The number of aryl methyl sites for hydroxylation is 1. The lowest BCUT2D eigenvalue weighted by Crippen LogP contribution is -2.26. The van der Waals surface area contributed by atoms with Crippen LogP contribution in [0.4, 0.5) is 0 Å². The predicted octanol–water partition coefficient (Wildman–Crippen LogP) is 2.17. The van der Waals surface area contributed by atoms with Crippen molar-refractivity contribution in [1.29, 1.82) is 0 Å². The van der Waals surface area contributed by atoms with E-state index < -0.39 is 0 Å². The molecule has 0 saturated carbocycles. The van der Waals surface area contributed by atoms with Gasteiger partial charge in [0.05, 0.1) is 0 Å². The van der Waals surface area contributed by atoms with Gasteiger partial charge in [-0.25, -0.2) is 0 Å². The Morgan fingerprint density at radius 1 is 1.40 bits per heavy atom. The van der Waals surface area contributed by atoms with Gasteiger partial charge < -0.3 is 5.32 Å². The van der Waals surface area contributed by atoms with E-state index in [0.717, 1.165) is 38.0 Å². The minimum atomic E-state index is 0.0923. The normalized spacial score (nSPS) is 14.1. The smallest absolute Gasteiger partial charge is 0.211 e. The topological polar surface area (TPSA) is 46.9 Å². The molecule has 0 radical (unpaired) electrons. The number of rotatable bonds is 4. The number of hydrogen-bond acceptors (Lipinski definition) is 3. The van der Waals surface area contributed by atoms with Crippen LogP contribution in [-0.2, 0) is 19.5 Å². The minimum absolute atomic E-state index is 0.0923. The van der Waals surface area contributed by atoms with Crippen molar-refractivity contribution in [3.63, 3.8) is 0 Å². The number of carbonyl (C=O) groups excluding carboxylic acids is 1. The van der Waals surface area contributed by atoms with Gasteiger partial charge in [-0.2, -0.15) is 5.10 Å². The van der Waals surface area contributed by atoms with Crippen molar-refractivity contribution < 1.29 is 4.79 Å². The number of nitrogens with zero attached hydrogens (tertiary/aromatic N) is 2. The van der Waals surface area contributed by atoms with E-state index in [0.29, 0.717) is 5.69 Å². The summed E-state index contributed by atoms with van der Waals surface area (Å²) >= 11 is 0. The molecular weight excluding hydrogens is 250 g/mol. The maximum atomic E-state index is 12.8. The molecule has 1 N–H and O–H groups in total. The van der Waals surface area contributed by atoms with Crippen LogP contribution in [-0.4, -0.2) is 22.1 Å². The third-order valence-electron chi connectivity index (χ3n) is 3.77. The van der Waals surface area contributed by atoms with Gasteiger partial charge in [-0.15, -0.1) is 0 Å². The zero-order valence-corrected chi connectivity index (χ0v) is 11.7. The molecule has 3 rings (SSSR count). The fourth-order valence-corrected chi connectivity index (χ4v) is 2.80. The summed E-state index contributed by atoms with van der Waals surface area (Å²) in [5.41, 5.74) is 3.96. The quantitative estimate of drug-likeness (QED) is 0.865. The molecule has 20 heavy (non-hydrogen) atoms. The summed E-state index contributed by atoms with van der Waals surface area (Å²) in [5.74, 6) is 0.0923. The van der Waals surface area contributed by atoms with Gasteiger partial charge in [0, 0.05) is 24.8 Å². The molecule has 4 nitrogen and oxygen atoms in total. The second-order valence-electron chi connectivity index (χ2n) is 5.14. The maximum absolute atomic E-state index is 12.8. The Morgan fingerprint density at radius 2 is 2.30 bits per heavy atom. The zero-order valence-electron chi connectivity index (χ0n) is 11.7. The number of benzene rings is 1. The van der Waals surface area contributed by atoms with Gasteiger partial charge in [0.25, 0.3) is 0 Å². The molecule has 0 spiro atoms. The van der Waals surface area contributed by atoms with Gasteiger partial charge in [0.15, 0.2) is 0 Å². The summed E-state index contributed by atoms with van der Waals surface area (Å²) in [6.45, 7) is 4.66. The first-order valence-corrected chi connectivity index (χ1v) is 7.19. The third kappa shape index (κ3) is 2.27. The second kappa shape index (κ2) is 5.59. The third-order valence-corrected chi connectivity index (χ3v) is 3.77. The van der Waals surface area contributed by atoms with Crippen molar-refractivity contribution in [3.8, 4) is 0 Å². The van der Waals surface area contributed by atoms with Crippen LogP contribution in [0.3, 0.4) is 0 Å². The highest BCUT2D eigenvalue weighted by Crippen LogP contribution is 2.21. The molecular formula is C16H19N3O. The molecule has 1 aromatic heterocycles. The Kier molecular flexibility index (Phi) is 3.65. The molecule has 0 bridgehead atoms. The molecule has 0 aliphatic carbocycles. The molecule has 104 valence electrons. The molecule has 1 aromatic carbocycles. The van der Waals surface area contributed by atoms with E-state index in [1.807, 2.05) is 22.9 Å². The first-order chi connectivity index (χ1) is 9.81. The van der Waals surface area contributed by atoms with Crippen LogP contribution in [0.2, 0.25) is 0 Å². The van der Waals surface area contributed by atoms with Crippen molar-refractivity contribution >= 4 is 5.78 Å². The van der Waals surface area contributed by atoms with Crippen molar-refractivity contribution in [1.82, 2.24) is 15.1 Å². The Bertz CT molecular complexity index is 630. The SMILES string of the molecule is CCCn1nccc1C(=O)c1cccc2c1CCNC2. The van der Waals surface area contributed by atoms with Crippen LogP contribution in [0.5, 0.6) is 0 Å². The van der Waals surface area contributed by atoms with E-state index in [2.05, 4.69) is 23.4 Å². The van der Waals surface area contributed by atoms with Gasteiger partial charge in [-0.05, 0) is 36.6 Å². The Labute approximate surface area is 118 Å². The lowest BCUT2D eigenvalue weighted by atomic mass is 9.92. The molecule has 0 amide bonds. The van der Waals surface area contributed by atoms with Gasteiger partial charge in [0.1, 0.15) is 5.69 Å². The van der Waals surface area contributed by atoms with Crippen LogP contribution in [0, 0.1) is 0 Å². The van der Waals surface area contributed by atoms with E-state index in [1.54, 1.807) is 6.20 Å². The van der Waals surface area contributed by atoms with Crippen molar-refractivity contribution in [2.75, 3.05) is 6.54 Å². The first-order valence-electron chi connectivity index (χ1n) is 7.19. The molecule has 1 aliphatic rings. The maximum Gasteiger partial charge on any atom is 0.211 e. The lowest BCUT2D eigenvalue weighted by Gasteiger charge is -2.19. The van der Waals surface area contributed by atoms with Crippen LogP contribution < -0.4 is 5.32 Å². The number of fused-ring (bicyclic) bond motifs is 1. The van der Waals surface area contributed by atoms with Gasteiger partial charge >= 0.3 is 0 Å². The fraction of sp³-hybridized carbons (Fsp3) is 0.375. The van der Waals surface area contributed by atoms with Crippen molar-refractivity contribution in [3.05, 3.63) is 52.8 Å². The number of aromatic nitrogens is 2. The monoisotopic (exact) mass is 269 g/mol. The molecule has 1 aliphatic heterocycles. The number of nitrogens with one attached hydrogen (secondary N) is 1. The molecule has 4 heteroatoms. The highest BCUT2D eigenvalue weighted by Gasteiger charge is 2.20. The Balaban J connectivity index is 2.00. The van der Waals surface area contributed by atoms with E-state index in [9.17, 15) is 4.79 Å². The molecule has 0 saturated heterocycles. The molecule has 2 aromatic rings. The van der Waals surface area contributed by atoms with Gasteiger partial charge in [0.2, 0.25) is 5.78 Å². The van der Waals surface area contributed by atoms with Crippen LogP contribution in [0.15, 0.2) is 30.5 Å². The molecule has 0 fully saturated rings. The van der Waals surface area contributed by atoms with Crippen LogP contribution in [0.25, 0.3) is 0 Å². The average Bonchev–Trinajstić information content (AvgIpc) is 2.94. The number of hydrogen-bond donors (Lipinski definition) is 1. The Morgan fingerprint density at radius 3 is 3.15 bits per heavy atom. The van der Waals surface area contributed by atoms with Gasteiger partial charge in [-0.3, -0.25) is 9.48 Å². The zero-order chi connectivity index (χ0) is 13.9. The molecule has 2 heterocycles. The summed E-state index contributed by atoms with van der Waals surface area (Å²) in [7, 11) is 0. The van der Waals surface area contributed by atoms with Crippen molar-refractivity contribution in [2.45, 2.75) is 32.9 Å². The average molecular weight is 269 g/mol. The summed E-state index contributed by atoms with van der Waals surface area (Å²) in [5, 5.41) is 7.59. The summed E-state index contributed by atoms with van der Waals surface area (Å²) in [6.07, 6.45) is 3.60. The molecule has 0 atom stereocenters. The molecule has 0 unspecified atom stereocenters. The van der Waals surface area contributed by atoms with Crippen molar-refractivity contribution in [2.24, 2.45) is 0 Å². The summed E-state index contributed by atoms with van der Waals surface area (Å²) in [4.78, 5) is 12.8. The number of carbonyl (C=O) groups is 1. The fourth-order valence-electron chi connectivity index (χ4n) is 2.80. The Hall–Kier alpha value is -1.94. The van der Waals surface area contributed by atoms with E-state index in [4.69, 9.17) is 0 Å². The predicted molar refractivity (Wildman–Crippen MR) is 77.8 cm³/mol. The number of ketones is 1. The summed E-state index contributed by atoms with van der Waals surface area (Å²) < 4.78 is 1.81. The van der Waals surface area contributed by atoms with Crippen LogP contribution >= 0.6 is 0 Å². The summed E-state index contributed by atoms with van der Waals surface area (Å²) in [6, 6.07) is 7.83. The largest absolute Gasteiger partial charge is 0.312 e. The van der Waals surface area contributed by atoms with Gasteiger partial charge in [-0.1, -0.05) is 25.1 Å². The van der Waals surface area contributed by atoms with E-state index >= 15 is 0 Å².